The predicted molar refractivity (Wildman–Crippen MR) is 79.1 cm³/mol. The highest BCUT2D eigenvalue weighted by Crippen LogP contribution is 2.22. The Morgan fingerprint density at radius 1 is 1.16 bits per heavy atom. The molecule has 1 aliphatic rings. The molecule has 2 heteroatoms. The van der Waals surface area contributed by atoms with Gasteiger partial charge in [0.1, 0.15) is 0 Å². The largest absolute Gasteiger partial charge is 0.353 e. The van der Waals surface area contributed by atoms with Crippen LogP contribution in [0.2, 0.25) is 0 Å². The SMILES string of the molecule is CC[C@@H](C(=O)NC1CCCCCC1)c1ccccc1. The quantitative estimate of drug-likeness (QED) is 0.813. The molecule has 1 aromatic rings. The normalized spacial score (nSPS) is 18.6. The van der Waals surface area contributed by atoms with Crippen molar-refractivity contribution in [2.24, 2.45) is 0 Å². The molecule has 2 rings (SSSR count). The van der Waals surface area contributed by atoms with Crippen molar-refractivity contribution in [1.29, 1.82) is 0 Å². The summed E-state index contributed by atoms with van der Waals surface area (Å²) in [4.78, 5) is 12.4. The summed E-state index contributed by atoms with van der Waals surface area (Å²) in [6, 6.07) is 10.5. The van der Waals surface area contributed by atoms with E-state index >= 15 is 0 Å². The molecule has 0 unspecified atom stereocenters. The van der Waals surface area contributed by atoms with Gasteiger partial charge < -0.3 is 5.32 Å². The molecule has 0 bridgehead atoms. The van der Waals surface area contributed by atoms with Crippen molar-refractivity contribution >= 4 is 5.91 Å². The first-order valence-electron chi connectivity index (χ1n) is 7.66. The third kappa shape index (κ3) is 4.09. The van der Waals surface area contributed by atoms with Crippen LogP contribution in [-0.4, -0.2) is 11.9 Å². The maximum Gasteiger partial charge on any atom is 0.227 e. The van der Waals surface area contributed by atoms with Crippen molar-refractivity contribution in [1.82, 2.24) is 5.32 Å². The Kier molecular flexibility index (Phi) is 5.44. The third-order valence-electron chi connectivity index (χ3n) is 4.13. The average Bonchev–Trinajstić information content (AvgIpc) is 2.69. The standard InChI is InChI=1S/C17H25NO/c1-2-16(14-10-6-5-7-11-14)17(19)18-15-12-8-3-4-9-13-15/h5-7,10-11,15-16H,2-4,8-9,12-13H2,1H3,(H,18,19)/t16-/m1/s1. The van der Waals surface area contributed by atoms with Crippen LogP contribution in [0.25, 0.3) is 0 Å². The lowest BCUT2D eigenvalue weighted by molar-refractivity contribution is -0.123. The minimum atomic E-state index is 0.00412. The van der Waals surface area contributed by atoms with E-state index in [0.29, 0.717) is 6.04 Å². The summed E-state index contributed by atoms with van der Waals surface area (Å²) in [6.45, 7) is 2.09. The molecule has 0 saturated heterocycles. The molecule has 1 amide bonds. The van der Waals surface area contributed by atoms with Crippen molar-refractivity contribution in [3.8, 4) is 0 Å². The summed E-state index contributed by atoms with van der Waals surface area (Å²) in [5.74, 6) is 0.213. The van der Waals surface area contributed by atoms with Gasteiger partial charge >= 0.3 is 0 Å². The molecule has 1 N–H and O–H groups in total. The second-order valence-corrected chi connectivity index (χ2v) is 5.57. The Labute approximate surface area is 116 Å². The first kappa shape index (κ1) is 14.1. The zero-order valence-electron chi connectivity index (χ0n) is 11.9. The molecule has 104 valence electrons. The van der Waals surface area contributed by atoms with Gasteiger partial charge in [0.15, 0.2) is 0 Å². The molecule has 19 heavy (non-hydrogen) atoms. The number of amides is 1. The van der Waals surface area contributed by atoms with Crippen molar-refractivity contribution in [3.05, 3.63) is 35.9 Å². The first-order valence-corrected chi connectivity index (χ1v) is 7.66. The van der Waals surface area contributed by atoms with Crippen LogP contribution in [0.1, 0.15) is 63.4 Å². The van der Waals surface area contributed by atoms with Crippen LogP contribution in [-0.2, 0) is 4.79 Å². The summed E-state index contributed by atoms with van der Waals surface area (Å²) in [6.07, 6.45) is 8.32. The maximum absolute atomic E-state index is 12.4. The second-order valence-electron chi connectivity index (χ2n) is 5.57. The summed E-state index contributed by atoms with van der Waals surface area (Å²) in [5, 5.41) is 3.27. The fourth-order valence-corrected chi connectivity index (χ4v) is 2.98. The van der Waals surface area contributed by atoms with Gasteiger partial charge in [0.25, 0.3) is 0 Å². The van der Waals surface area contributed by atoms with Gasteiger partial charge in [-0.05, 0) is 24.8 Å². The molecular weight excluding hydrogens is 234 g/mol. The van der Waals surface area contributed by atoms with Crippen LogP contribution in [0.3, 0.4) is 0 Å². The van der Waals surface area contributed by atoms with E-state index < -0.39 is 0 Å². The zero-order valence-corrected chi connectivity index (χ0v) is 11.9. The van der Waals surface area contributed by atoms with E-state index in [1.165, 1.54) is 25.7 Å². The topological polar surface area (TPSA) is 29.1 Å². The molecule has 1 aliphatic carbocycles. The summed E-state index contributed by atoms with van der Waals surface area (Å²) in [5.41, 5.74) is 1.14. The smallest absolute Gasteiger partial charge is 0.227 e. The third-order valence-corrected chi connectivity index (χ3v) is 4.13. The Morgan fingerprint density at radius 2 is 1.79 bits per heavy atom. The molecule has 1 aromatic carbocycles. The Bertz CT molecular complexity index is 380. The van der Waals surface area contributed by atoms with Gasteiger partial charge in [-0.25, -0.2) is 0 Å². The Morgan fingerprint density at radius 3 is 2.37 bits per heavy atom. The van der Waals surface area contributed by atoms with Gasteiger partial charge in [-0.2, -0.15) is 0 Å². The summed E-state index contributed by atoms with van der Waals surface area (Å²) >= 11 is 0. The number of benzene rings is 1. The first-order chi connectivity index (χ1) is 9.31. The zero-order chi connectivity index (χ0) is 13.5. The lowest BCUT2D eigenvalue weighted by Crippen LogP contribution is -2.37. The lowest BCUT2D eigenvalue weighted by Gasteiger charge is -2.21. The molecule has 1 atom stereocenters. The molecule has 1 saturated carbocycles. The van der Waals surface area contributed by atoms with Crippen LogP contribution in [0.15, 0.2) is 30.3 Å². The monoisotopic (exact) mass is 259 g/mol. The number of carbonyl (C=O) groups is 1. The highest BCUT2D eigenvalue weighted by molar-refractivity contribution is 5.83. The molecule has 0 heterocycles. The van der Waals surface area contributed by atoms with Crippen LogP contribution in [0.4, 0.5) is 0 Å². The predicted octanol–water partition coefficient (Wildman–Crippen LogP) is 4.02. The summed E-state index contributed by atoms with van der Waals surface area (Å²) in [7, 11) is 0. The minimum Gasteiger partial charge on any atom is -0.353 e. The van der Waals surface area contributed by atoms with Crippen LogP contribution in [0.5, 0.6) is 0 Å². The second kappa shape index (κ2) is 7.32. The summed E-state index contributed by atoms with van der Waals surface area (Å²) < 4.78 is 0. The Hall–Kier alpha value is -1.31. The van der Waals surface area contributed by atoms with E-state index in [1.807, 2.05) is 18.2 Å². The van der Waals surface area contributed by atoms with Crippen LogP contribution < -0.4 is 5.32 Å². The number of carbonyl (C=O) groups excluding carboxylic acids is 1. The average molecular weight is 259 g/mol. The van der Waals surface area contributed by atoms with Gasteiger partial charge in [0.2, 0.25) is 5.91 Å². The highest BCUT2D eigenvalue weighted by atomic mass is 16.1. The van der Waals surface area contributed by atoms with E-state index in [-0.39, 0.29) is 11.8 Å². The van der Waals surface area contributed by atoms with Crippen molar-refractivity contribution in [2.45, 2.75) is 63.8 Å². The lowest BCUT2D eigenvalue weighted by atomic mass is 9.95. The van der Waals surface area contributed by atoms with Crippen molar-refractivity contribution < 1.29 is 4.79 Å². The van der Waals surface area contributed by atoms with Gasteiger partial charge in [-0.1, -0.05) is 62.9 Å². The van der Waals surface area contributed by atoms with Gasteiger partial charge in [0, 0.05) is 6.04 Å². The number of hydrogen-bond donors (Lipinski definition) is 1. The number of hydrogen-bond acceptors (Lipinski definition) is 1. The minimum absolute atomic E-state index is 0.00412. The van der Waals surface area contributed by atoms with Gasteiger partial charge in [-0.15, -0.1) is 0 Å². The van der Waals surface area contributed by atoms with Crippen LogP contribution in [0, 0.1) is 0 Å². The fourth-order valence-electron chi connectivity index (χ4n) is 2.98. The number of rotatable bonds is 4. The van der Waals surface area contributed by atoms with Gasteiger partial charge in [-0.3, -0.25) is 4.79 Å². The van der Waals surface area contributed by atoms with Crippen LogP contribution >= 0.6 is 0 Å². The highest BCUT2D eigenvalue weighted by Gasteiger charge is 2.21. The molecule has 0 spiro atoms. The van der Waals surface area contributed by atoms with E-state index in [9.17, 15) is 4.79 Å². The molecular formula is C17H25NO. The van der Waals surface area contributed by atoms with E-state index in [1.54, 1.807) is 0 Å². The molecule has 0 aromatic heterocycles. The maximum atomic E-state index is 12.4. The molecule has 2 nitrogen and oxygen atoms in total. The van der Waals surface area contributed by atoms with Crippen molar-refractivity contribution in [2.75, 3.05) is 0 Å². The molecule has 0 radical (unpaired) electrons. The van der Waals surface area contributed by atoms with E-state index in [0.717, 1.165) is 24.8 Å². The fraction of sp³-hybridized carbons (Fsp3) is 0.588. The van der Waals surface area contributed by atoms with E-state index in [4.69, 9.17) is 0 Å². The molecule has 1 fully saturated rings. The van der Waals surface area contributed by atoms with E-state index in [2.05, 4.69) is 24.4 Å². The van der Waals surface area contributed by atoms with Crippen molar-refractivity contribution in [3.63, 3.8) is 0 Å². The van der Waals surface area contributed by atoms with Gasteiger partial charge in [0.05, 0.1) is 5.92 Å². The Balaban J connectivity index is 1.96. The molecule has 0 aliphatic heterocycles. The number of nitrogens with one attached hydrogen (secondary N) is 1.